The molecular formula is C18H25NO5. The lowest BCUT2D eigenvalue weighted by Crippen LogP contribution is -2.37. The number of benzene rings is 1. The van der Waals surface area contributed by atoms with E-state index >= 15 is 0 Å². The molecule has 0 aliphatic carbocycles. The summed E-state index contributed by atoms with van der Waals surface area (Å²) in [6.07, 6.45) is 1.51. The summed E-state index contributed by atoms with van der Waals surface area (Å²) in [5.41, 5.74) is 0. The Bertz CT molecular complexity index is 557. The Morgan fingerprint density at radius 3 is 2.38 bits per heavy atom. The number of nitrogens with zero attached hydrogens (tertiary/aromatic N) is 1. The zero-order valence-corrected chi connectivity index (χ0v) is 14.2. The zero-order chi connectivity index (χ0) is 17.5. The van der Waals surface area contributed by atoms with Crippen molar-refractivity contribution < 1.29 is 24.2 Å². The van der Waals surface area contributed by atoms with Gasteiger partial charge in [-0.25, -0.2) is 0 Å². The summed E-state index contributed by atoms with van der Waals surface area (Å²) in [7, 11) is 0. The molecule has 0 saturated carbocycles. The molecule has 0 aromatic heterocycles. The molecule has 2 unspecified atom stereocenters. The Kier molecular flexibility index (Phi) is 6.46. The van der Waals surface area contributed by atoms with E-state index in [1.807, 2.05) is 31.2 Å². The number of hydrogen-bond donors (Lipinski definition) is 1. The molecule has 1 N–H and O–H groups in total. The van der Waals surface area contributed by atoms with Crippen LogP contribution in [0.1, 0.15) is 33.1 Å². The van der Waals surface area contributed by atoms with Crippen molar-refractivity contribution in [1.82, 2.24) is 4.90 Å². The Morgan fingerprint density at radius 1 is 1.21 bits per heavy atom. The summed E-state index contributed by atoms with van der Waals surface area (Å²) in [5.74, 6) is 0.273. The van der Waals surface area contributed by atoms with Crippen molar-refractivity contribution in [2.75, 3.05) is 19.8 Å². The quantitative estimate of drug-likeness (QED) is 0.739. The number of carboxylic acids is 1. The lowest BCUT2D eigenvalue weighted by atomic mass is 10.0. The fraction of sp³-hybridized carbons (Fsp3) is 0.556. The molecule has 2 rings (SSSR count). The monoisotopic (exact) mass is 335 g/mol. The maximum Gasteiger partial charge on any atom is 0.308 e. The minimum atomic E-state index is -0.823. The van der Waals surface area contributed by atoms with Gasteiger partial charge in [0.05, 0.1) is 19.1 Å². The van der Waals surface area contributed by atoms with Crippen LogP contribution < -0.4 is 9.47 Å². The number of likely N-dealkylation sites (tertiary alicyclic amines) is 1. The Labute approximate surface area is 142 Å². The van der Waals surface area contributed by atoms with E-state index in [1.165, 1.54) is 0 Å². The van der Waals surface area contributed by atoms with Crippen molar-refractivity contribution in [3.63, 3.8) is 0 Å². The lowest BCUT2D eigenvalue weighted by Gasteiger charge is -2.23. The highest BCUT2D eigenvalue weighted by atomic mass is 16.5. The summed E-state index contributed by atoms with van der Waals surface area (Å²) in [6.45, 7) is 5.34. The third-order valence-corrected chi connectivity index (χ3v) is 4.33. The van der Waals surface area contributed by atoms with Crippen molar-refractivity contribution >= 4 is 11.9 Å². The molecule has 1 aromatic rings. The van der Waals surface area contributed by atoms with Crippen LogP contribution in [0.2, 0.25) is 0 Å². The number of carbonyl (C=O) groups excluding carboxylic acids is 1. The molecule has 6 heteroatoms. The SMILES string of the molecule is CCOc1ccc(OCCCC(=O)N2CCC(C(=O)O)C2C)cc1. The van der Waals surface area contributed by atoms with Crippen molar-refractivity contribution in [3.05, 3.63) is 24.3 Å². The van der Waals surface area contributed by atoms with E-state index in [0.717, 1.165) is 11.5 Å². The Morgan fingerprint density at radius 2 is 1.83 bits per heavy atom. The van der Waals surface area contributed by atoms with E-state index in [9.17, 15) is 9.59 Å². The summed E-state index contributed by atoms with van der Waals surface area (Å²) in [4.78, 5) is 25.0. The maximum absolute atomic E-state index is 12.2. The summed E-state index contributed by atoms with van der Waals surface area (Å²) < 4.78 is 11.0. The van der Waals surface area contributed by atoms with Crippen LogP contribution in [-0.2, 0) is 9.59 Å². The van der Waals surface area contributed by atoms with Gasteiger partial charge < -0.3 is 19.5 Å². The first-order chi connectivity index (χ1) is 11.5. The van der Waals surface area contributed by atoms with Crippen LogP contribution in [0.15, 0.2) is 24.3 Å². The second-order valence-electron chi connectivity index (χ2n) is 5.92. The van der Waals surface area contributed by atoms with Gasteiger partial charge in [-0.3, -0.25) is 9.59 Å². The number of aliphatic carboxylic acids is 1. The van der Waals surface area contributed by atoms with E-state index in [-0.39, 0.29) is 11.9 Å². The Hall–Kier alpha value is -2.24. The third-order valence-electron chi connectivity index (χ3n) is 4.33. The third kappa shape index (κ3) is 4.63. The van der Waals surface area contributed by atoms with Gasteiger partial charge in [-0.05, 0) is 51.0 Å². The number of carboxylic acid groups (broad SMARTS) is 1. The van der Waals surface area contributed by atoms with Crippen LogP contribution in [0.4, 0.5) is 0 Å². The minimum Gasteiger partial charge on any atom is -0.494 e. The normalized spacial score (nSPS) is 20.0. The molecule has 2 atom stereocenters. The molecule has 1 aliphatic rings. The molecule has 1 fully saturated rings. The van der Waals surface area contributed by atoms with Crippen LogP contribution in [0.5, 0.6) is 11.5 Å². The molecule has 132 valence electrons. The van der Waals surface area contributed by atoms with Crippen LogP contribution in [0, 0.1) is 5.92 Å². The standard InChI is InChI=1S/C18H25NO5/c1-3-23-14-6-8-15(9-7-14)24-12-4-5-17(20)19-11-10-16(13(19)2)18(21)22/h6-9,13,16H,3-5,10-12H2,1-2H3,(H,21,22). The van der Waals surface area contributed by atoms with Crippen molar-refractivity contribution in [2.45, 2.75) is 39.2 Å². The van der Waals surface area contributed by atoms with Crippen molar-refractivity contribution in [3.8, 4) is 11.5 Å². The molecule has 0 spiro atoms. The average molecular weight is 335 g/mol. The maximum atomic E-state index is 12.2. The topological polar surface area (TPSA) is 76.1 Å². The number of rotatable bonds is 8. The van der Waals surface area contributed by atoms with Gasteiger partial charge in [0, 0.05) is 19.0 Å². The molecule has 0 radical (unpaired) electrons. The molecule has 1 amide bonds. The number of amides is 1. The van der Waals surface area contributed by atoms with E-state index in [2.05, 4.69) is 0 Å². The van der Waals surface area contributed by atoms with Crippen LogP contribution in [0.3, 0.4) is 0 Å². The first-order valence-corrected chi connectivity index (χ1v) is 8.41. The van der Waals surface area contributed by atoms with Crippen LogP contribution in [-0.4, -0.2) is 47.7 Å². The fourth-order valence-electron chi connectivity index (χ4n) is 2.98. The van der Waals surface area contributed by atoms with Gasteiger partial charge in [0.1, 0.15) is 11.5 Å². The molecule has 1 heterocycles. The van der Waals surface area contributed by atoms with Gasteiger partial charge in [-0.1, -0.05) is 0 Å². The van der Waals surface area contributed by atoms with E-state index < -0.39 is 11.9 Å². The van der Waals surface area contributed by atoms with E-state index in [0.29, 0.717) is 39.0 Å². The Balaban J connectivity index is 1.70. The predicted molar refractivity (Wildman–Crippen MR) is 89.3 cm³/mol. The molecule has 0 bridgehead atoms. The van der Waals surface area contributed by atoms with E-state index in [1.54, 1.807) is 11.8 Å². The second kappa shape index (κ2) is 8.57. The van der Waals surface area contributed by atoms with Crippen LogP contribution >= 0.6 is 0 Å². The first kappa shape index (κ1) is 18.1. The van der Waals surface area contributed by atoms with Gasteiger partial charge in [0.25, 0.3) is 0 Å². The lowest BCUT2D eigenvalue weighted by molar-refractivity contribution is -0.143. The largest absolute Gasteiger partial charge is 0.494 e. The van der Waals surface area contributed by atoms with Gasteiger partial charge in [-0.2, -0.15) is 0 Å². The van der Waals surface area contributed by atoms with Crippen molar-refractivity contribution in [1.29, 1.82) is 0 Å². The summed E-state index contributed by atoms with van der Waals surface area (Å²) >= 11 is 0. The second-order valence-corrected chi connectivity index (χ2v) is 5.92. The number of carbonyl (C=O) groups is 2. The molecule has 6 nitrogen and oxygen atoms in total. The number of ether oxygens (including phenoxy) is 2. The minimum absolute atomic E-state index is 0.00143. The predicted octanol–water partition coefficient (Wildman–Crippen LogP) is 2.57. The van der Waals surface area contributed by atoms with Gasteiger partial charge in [-0.15, -0.1) is 0 Å². The molecule has 1 aromatic carbocycles. The van der Waals surface area contributed by atoms with E-state index in [4.69, 9.17) is 14.6 Å². The highest BCUT2D eigenvalue weighted by molar-refractivity contribution is 5.79. The van der Waals surface area contributed by atoms with Crippen molar-refractivity contribution in [2.24, 2.45) is 5.92 Å². The molecule has 24 heavy (non-hydrogen) atoms. The molecule has 1 saturated heterocycles. The zero-order valence-electron chi connectivity index (χ0n) is 14.2. The molecular weight excluding hydrogens is 310 g/mol. The van der Waals surface area contributed by atoms with Gasteiger partial charge in [0.2, 0.25) is 5.91 Å². The smallest absolute Gasteiger partial charge is 0.308 e. The van der Waals surface area contributed by atoms with Crippen LogP contribution in [0.25, 0.3) is 0 Å². The van der Waals surface area contributed by atoms with Gasteiger partial charge in [0.15, 0.2) is 0 Å². The summed E-state index contributed by atoms with van der Waals surface area (Å²) in [5, 5.41) is 9.11. The first-order valence-electron chi connectivity index (χ1n) is 8.41. The average Bonchev–Trinajstić information content (AvgIpc) is 2.95. The highest BCUT2D eigenvalue weighted by Gasteiger charge is 2.37. The van der Waals surface area contributed by atoms with Gasteiger partial charge >= 0.3 is 5.97 Å². The summed E-state index contributed by atoms with van der Waals surface area (Å²) in [6, 6.07) is 7.14. The number of hydrogen-bond acceptors (Lipinski definition) is 4. The molecule has 1 aliphatic heterocycles. The highest BCUT2D eigenvalue weighted by Crippen LogP contribution is 2.25. The fourth-order valence-corrected chi connectivity index (χ4v) is 2.98.